The van der Waals surface area contributed by atoms with Gasteiger partial charge in [0.1, 0.15) is 5.82 Å². The zero-order valence-electron chi connectivity index (χ0n) is 17.6. The lowest BCUT2D eigenvalue weighted by atomic mass is 9.97. The van der Waals surface area contributed by atoms with Crippen molar-refractivity contribution in [2.45, 2.75) is 19.3 Å². The topological polar surface area (TPSA) is 78.1 Å². The van der Waals surface area contributed by atoms with Gasteiger partial charge < -0.3 is 10.2 Å². The third-order valence-electron chi connectivity index (χ3n) is 6.22. The van der Waals surface area contributed by atoms with Crippen molar-refractivity contribution in [3.05, 3.63) is 75.5 Å². The van der Waals surface area contributed by atoms with Crippen LogP contribution in [0.25, 0.3) is 10.8 Å². The molecule has 3 aromatic rings. The van der Waals surface area contributed by atoms with Crippen molar-refractivity contribution in [2.24, 2.45) is 11.8 Å². The lowest BCUT2D eigenvalue weighted by Crippen LogP contribution is -2.53. The maximum Gasteiger partial charge on any atom is 0.272 e. The Labute approximate surface area is 191 Å². The number of carbonyl (C=O) groups is 1. The van der Waals surface area contributed by atoms with Gasteiger partial charge in [-0.25, -0.2) is 9.49 Å². The van der Waals surface area contributed by atoms with Gasteiger partial charge in [0.15, 0.2) is 0 Å². The molecule has 6 nitrogen and oxygen atoms in total. The Morgan fingerprint density at radius 2 is 1.81 bits per heavy atom. The van der Waals surface area contributed by atoms with Gasteiger partial charge in [0.05, 0.1) is 16.6 Å². The zero-order valence-corrected chi connectivity index (χ0v) is 18.5. The standard InChI is InChI=1S/C24H25FN4O2.ClH/c25-21-8-7-16(10-22-18-3-1-2-4-19(18)23(30)28-27-22)9-20(21)24(31)29-13-17(14-29)12-26-11-15-5-6-15;/h1-4,7-9,15,17,26H,5-6,10-14H2,(H,28,30);1H. The van der Waals surface area contributed by atoms with E-state index in [9.17, 15) is 14.0 Å². The van der Waals surface area contributed by atoms with Crippen LogP contribution < -0.4 is 10.9 Å². The summed E-state index contributed by atoms with van der Waals surface area (Å²) in [6.07, 6.45) is 3.04. The SMILES string of the molecule is Cl.O=C(c1cc(Cc2n[nH]c(=O)c3ccccc23)ccc1F)N1CC(CNCC2CC2)C1. The lowest BCUT2D eigenvalue weighted by Gasteiger charge is -2.39. The number of likely N-dealkylation sites (tertiary alicyclic amines) is 1. The zero-order chi connectivity index (χ0) is 21.4. The van der Waals surface area contributed by atoms with Gasteiger partial charge >= 0.3 is 0 Å². The van der Waals surface area contributed by atoms with Gasteiger partial charge in [-0.15, -0.1) is 12.4 Å². The van der Waals surface area contributed by atoms with Crippen LogP contribution in [0.15, 0.2) is 47.3 Å². The van der Waals surface area contributed by atoms with E-state index < -0.39 is 5.82 Å². The van der Waals surface area contributed by atoms with Crippen LogP contribution in [0.2, 0.25) is 0 Å². The number of H-pyrrole nitrogens is 1. The third kappa shape index (κ3) is 4.69. The summed E-state index contributed by atoms with van der Waals surface area (Å²) in [6, 6.07) is 11.9. The Balaban J connectivity index is 0.00000245. The minimum absolute atomic E-state index is 0. The predicted octanol–water partition coefficient (Wildman–Crippen LogP) is 3.15. The molecule has 8 heteroatoms. The first kappa shape index (κ1) is 22.4. The molecule has 168 valence electrons. The number of rotatable bonds is 7. The molecular weight excluding hydrogens is 431 g/mol. The van der Waals surface area contributed by atoms with E-state index in [1.165, 1.54) is 18.9 Å². The molecular formula is C24H26ClFN4O2. The monoisotopic (exact) mass is 456 g/mol. The number of aromatic amines is 1. The van der Waals surface area contributed by atoms with Crippen molar-refractivity contribution in [3.8, 4) is 0 Å². The summed E-state index contributed by atoms with van der Waals surface area (Å²) >= 11 is 0. The second kappa shape index (κ2) is 9.38. The summed E-state index contributed by atoms with van der Waals surface area (Å²) in [5.41, 5.74) is 1.31. The van der Waals surface area contributed by atoms with Crippen LogP contribution in [0, 0.1) is 17.7 Å². The van der Waals surface area contributed by atoms with E-state index >= 15 is 0 Å². The fourth-order valence-electron chi connectivity index (χ4n) is 4.19. The number of nitrogens with one attached hydrogen (secondary N) is 2. The Hall–Kier alpha value is -2.77. The number of amides is 1. The van der Waals surface area contributed by atoms with E-state index in [-0.39, 0.29) is 29.4 Å². The number of carbonyl (C=O) groups excluding carboxylic acids is 1. The second-order valence-corrected chi connectivity index (χ2v) is 8.71. The molecule has 2 aliphatic rings. The van der Waals surface area contributed by atoms with Crippen molar-refractivity contribution in [3.63, 3.8) is 0 Å². The van der Waals surface area contributed by atoms with Crippen LogP contribution in [0.4, 0.5) is 4.39 Å². The summed E-state index contributed by atoms with van der Waals surface area (Å²) in [4.78, 5) is 26.5. The van der Waals surface area contributed by atoms with Crippen LogP contribution in [0.1, 0.15) is 34.5 Å². The van der Waals surface area contributed by atoms with Crippen molar-refractivity contribution in [1.29, 1.82) is 0 Å². The van der Waals surface area contributed by atoms with Gasteiger partial charge in [0.25, 0.3) is 11.5 Å². The van der Waals surface area contributed by atoms with Gasteiger partial charge in [-0.1, -0.05) is 24.3 Å². The largest absolute Gasteiger partial charge is 0.338 e. The molecule has 0 bridgehead atoms. The fraction of sp³-hybridized carbons (Fsp3) is 0.375. The van der Waals surface area contributed by atoms with Crippen molar-refractivity contribution < 1.29 is 9.18 Å². The van der Waals surface area contributed by atoms with Gasteiger partial charge in [-0.3, -0.25) is 9.59 Å². The highest BCUT2D eigenvalue weighted by Crippen LogP contribution is 2.28. The number of halogens is 2. The number of hydrogen-bond acceptors (Lipinski definition) is 4. The molecule has 2 fully saturated rings. The maximum atomic E-state index is 14.5. The van der Waals surface area contributed by atoms with Gasteiger partial charge in [-0.2, -0.15) is 5.10 Å². The quantitative estimate of drug-likeness (QED) is 0.572. The Morgan fingerprint density at radius 1 is 1.09 bits per heavy atom. The third-order valence-corrected chi connectivity index (χ3v) is 6.22. The van der Waals surface area contributed by atoms with Crippen molar-refractivity contribution >= 4 is 29.1 Å². The van der Waals surface area contributed by atoms with E-state index in [1.807, 2.05) is 12.1 Å². The number of hydrogen-bond donors (Lipinski definition) is 2. The molecule has 32 heavy (non-hydrogen) atoms. The van der Waals surface area contributed by atoms with Crippen LogP contribution in [0.5, 0.6) is 0 Å². The van der Waals surface area contributed by atoms with E-state index in [0.29, 0.717) is 36.5 Å². The minimum Gasteiger partial charge on any atom is -0.338 e. The number of fused-ring (bicyclic) bond motifs is 1. The first-order valence-corrected chi connectivity index (χ1v) is 10.8. The number of benzene rings is 2. The molecule has 2 aromatic carbocycles. The van der Waals surface area contributed by atoms with E-state index in [4.69, 9.17) is 0 Å². The predicted molar refractivity (Wildman–Crippen MR) is 124 cm³/mol. The summed E-state index contributed by atoms with van der Waals surface area (Å²) < 4.78 is 14.5. The van der Waals surface area contributed by atoms with E-state index in [0.717, 1.165) is 30.0 Å². The maximum absolute atomic E-state index is 14.5. The number of aromatic nitrogens is 2. The Morgan fingerprint density at radius 3 is 2.56 bits per heavy atom. The molecule has 1 aromatic heterocycles. The molecule has 5 rings (SSSR count). The molecule has 1 aliphatic carbocycles. The van der Waals surface area contributed by atoms with Crippen molar-refractivity contribution in [1.82, 2.24) is 20.4 Å². The highest BCUT2D eigenvalue weighted by molar-refractivity contribution is 5.95. The fourth-order valence-corrected chi connectivity index (χ4v) is 4.19. The van der Waals surface area contributed by atoms with E-state index in [2.05, 4.69) is 15.5 Å². The Bertz CT molecular complexity index is 1190. The highest BCUT2D eigenvalue weighted by Gasteiger charge is 2.32. The van der Waals surface area contributed by atoms with Crippen molar-refractivity contribution in [2.75, 3.05) is 26.2 Å². The highest BCUT2D eigenvalue weighted by atomic mass is 35.5. The molecule has 0 unspecified atom stereocenters. The lowest BCUT2D eigenvalue weighted by molar-refractivity contribution is 0.0496. The summed E-state index contributed by atoms with van der Waals surface area (Å²) in [5, 5.41) is 11.5. The normalized spacial score (nSPS) is 16.0. The first-order chi connectivity index (χ1) is 15.1. The summed E-state index contributed by atoms with van der Waals surface area (Å²) in [5.74, 6) is 0.495. The average molecular weight is 457 g/mol. The average Bonchev–Trinajstić information content (AvgIpc) is 3.57. The van der Waals surface area contributed by atoms with Crippen LogP contribution in [-0.2, 0) is 6.42 Å². The second-order valence-electron chi connectivity index (χ2n) is 8.71. The number of nitrogens with zero attached hydrogens (tertiary/aromatic N) is 2. The molecule has 2 heterocycles. The molecule has 1 amide bonds. The van der Waals surface area contributed by atoms with Crippen LogP contribution in [-0.4, -0.2) is 47.2 Å². The summed E-state index contributed by atoms with van der Waals surface area (Å²) in [7, 11) is 0. The molecule has 1 saturated heterocycles. The first-order valence-electron chi connectivity index (χ1n) is 10.8. The van der Waals surface area contributed by atoms with Crippen LogP contribution in [0.3, 0.4) is 0 Å². The van der Waals surface area contributed by atoms with E-state index in [1.54, 1.807) is 29.2 Å². The van der Waals surface area contributed by atoms with Crippen LogP contribution >= 0.6 is 12.4 Å². The molecule has 2 N–H and O–H groups in total. The minimum atomic E-state index is -0.511. The Kier molecular flexibility index (Phi) is 6.58. The molecule has 0 radical (unpaired) electrons. The van der Waals surface area contributed by atoms with Gasteiger partial charge in [0.2, 0.25) is 0 Å². The van der Waals surface area contributed by atoms with Gasteiger partial charge in [0, 0.05) is 37.4 Å². The molecule has 0 spiro atoms. The smallest absolute Gasteiger partial charge is 0.272 e. The molecule has 1 aliphatic heterocycles. The summed E-state index contributed by atoms with van der Waals surface area (Å²) in [6.45, 7) is 3.29. The molecule has 1 saturated carbocycles. The molecule has 0 atom stereocenters. The van der Waals surface area contributed by atoms with Gasteiger partial charge in [-0.05, 0) is 49.1 Å².